The number of amides is 1. The van der Waals surface area contributed by atoms with Crippen LogP contribution < -0.4 is 19.5 Å². The van der Waals surface area contributed by atoms with Gasteiger partial charge < -0.3 is 24.5 Å². The Balaban J connectivity index is 1.64. The summed E-state index contributed by atoms with van der Waals surface area (Å²) in [5.41, 5.74) is 1.71. The summed E-state index contributed by atoms with van der Waals surface area (Å²) in [5, 5.41) is 11.8. The van der Waals surface area contributed by atoms with Crippen LogP contribution in [-0.2, 0) is 6.54 Å². The Kier molecular flexibility index (Phi) is 4.48. The first-order chi connectivity index (χ1) is 13.7. The van der Waals surface area contributed by atoms with E-state index >= 15 is 0 Å². The van der Waals surface area contributed by atoms with Crippen molar-refractivity contribution in [2.45, 2.75) is 6.54 Å². The van der Waals surface area contributed by atoms with Crippen molar-refractivity contribution in [1.82, 2.24) is 24.9 Å². The molecule has 3 heterocycles. The summed E-state index contributed by atoms with van der Waals surface area (Å²) in [6, 6.07) is 9.05. The third-order valence-corrected chi connectivity index (χ3v) is 4.48. The van der Waals surface area contributed by atoms with Crippen LogP contribution in [0.2, 0.25) is 0 Å². The Hall–Kier alpha value is -3.75. The van der Waals surface area contributed by atoms with Crippen LogP contribution in [0.3, 0.4) is 0 Å². The second-order valence-electron chi connectivity index (χ2n) is 6.01. The number of nitrogens with zero attached hydrogens (tertiary/aromatic N) is 3. The molecule has 144 valence electrons. The molecule has 2 N–H and O–H groups in total. The number of aromatic nitrogens is 4. The van der Waals surface area contributed by atoms with E-state index in [4.69, 9.17) is 14.2 Å². The van der Waals surface area contributed by atoms with Gasteiger partial charge in [0.1, 0.15) is 11.4 Å². The number of nitrogens with one attached hydrogen (secondary N) is 2. The summed E-state index contributed by atoms with van der Waals surface area (Å²) in [6.45, 7) is 0.233. The van der Waals surface area contributed by atoms with Crippen molar-refractivity contribution >= 4 is 22.5 Å². The third-order valence-electron chi connectivity index (χ3n) is 4.48. The highest BCUT2D eigenvalue weighted by Crippen LogP contribution is 2.41. The van der Waals surface area contributed by atoms with Crippen molar-refractivity contribution in [1.29, 1.82) is 0 Å². The molecular formula is C19H19N5O4. The highest BCUT2D eigenvalue weighted by atomic mass is 16.5. The number of benzene rings is 1. The molecule has 4 rings (SSSR count). The highest BCUT2D eigenvalue weighted by molar-refractivity contribution is 6.02. The zero-order valence-electron chi connectivity index (χ0n) is 15.6. The summed E-state index contributed by atoms with van der Waals surface area (Å²) < 4.78 is 18.0. The molecule has 0 saturated carbocycles. The van der Waals surface area contributed by atoms with E-state index in [0.717, 1.165) is 11.0 Å². The summed E-state index contributed by atoms with van der Waals surface area (Å²) in [5.74, 6) is 1.94. The Morgan fingerprint density at radius 3 is 2.68 bits per heavy atom. The molecule has 0 aliphatic carbocycles. The number of aromatic amines is 1. The maximum absolute atomic E-state index is 12.7. The van der Waals surface area contributed by atoms with Crippen LogP contribution in [0.15, 0.2) is 36.5 Å². The minimum atomic E-state index is -0.285. The highest BCUT2D eigenvalue weighted by Gasteiger charge is 2.19. The van der Waals surface area contributed by atoms with Crippen LogP contribution >= 0.6 is 0 Å². The van der Waals surface area contributed by atoms with Crippen molar-refractivity contribution in [3.05, 3.63) is 48.0 Å². The maximum atomic E-state index is 12.7. The first-order valence-electron chi connectivity index (χ1n) is 8.54. The second-order valence-corrected chi connectivity index (χ2v) is 6.01. The molecule has 0 bridgehead atoms. The van der Waals surface area contributed by atoms with Gasteiger partial charge in [0, 0.05) is 17.6 Å². The zero-order chi connectivity index (χ0) is 19.7. The van der Waals surface area contributed by atoms with E-state index in [9.17, 15) is 4.79 Å². The molecule has 0 atom stereocenters. The fourth-order valence-electron chi connectivity index (χ4n) is 3.13. The lowest BCUT2D eigenvalue weighted by Crippen LogP contribution is -2.24. The molecular weight excluding hydrogens is 362 g/mol. The lowest BCUT2D eigenvalue weighted by atomic mass is 10.2. The van der Waals surface area contributed by atoms with Gasteiger partial charge in [0.25, 0.3) is 5.91 Å². The predicted octanol–water partition coefficient (Wildman–Crippen LogP) is 2.17. The van der Waals surface area contributed by atoms with Gasteiger partial charge in [0.2, 0.25) is 0 Å². The lowest BCUT2D eigenvalue weighted by Gasteiger charge is -2.11. The van der Waals surface area contributed by atoms with Gasteiger partial charge in [0.15, 0.2) is 23.0 Å². The topological polar surface area (TPSA) is 103 Å². The number of methoxy groups -OCH3 is 3. The van der Waals surface area contributed by atoms with E-state index in [1.165, 1.54) is 0 Å². The van der Waals surface area contributed by atoms with Gasteiger partial charge in [-0.25, -0.2) is 0 Å². The monoisotopic (exact) mass is 381 g/mol. The third kappa shape index (κ3) is 2.86. The predicted molar refractivity (Wildman–Crippen MR) is 102 cm³/mol. The minimum absolute atomic E-state index is 0.233. The van der Waals surface area contributed by atoms with E-state index in [-0.39, 0.29) is 12.5 Å². The fraction of sp³-hybridized carbons (Fsp3) is 0.211. The molecule has 1 amide bonds. The van der Waals surface area contributed by atoms with Crippen LogP contribution in [0.1, 0.15) is 16.3 Å². The Morgan fingerprint density at radius 2 is 1.93 bits per heavy atom. The van der Waals surface area contributed by atoms with Gasteiger partial charge in [-0.3, -0.25) is 9.20 Å². The molecule has 4 aromatic rings. The van der Waals surface area contributed by atoms with Crippen LogP contribution in [0.5, 0.6) is 17.2 Å². The maximum Gasteiger partial charge on any atom is 0.268 e. The second kappa shape index (κ2) is 7.10. The number of hydrogen-bond donors (Lipinski definition) is 2. The van der Waals surface area contributed by atoms with E-state index in [1.807, 2.05) is 28.8 Å². The molecule has 0 unspecified atom stereocenters. The summed E-state index contributed by atoms with van der Waals surface area (Å²) in [4.78, 5) is 15.8. The largest absolute Gasteiger partial charge is 0.496 e. The first-order valence-corrected chi connectivity index (χ1v) is 8.54. The molecule has 0 fully saturated rings. The summed E-state index contributed by atoms with van der Waals surface area (Å²) in [6.07, 6.45) is 1.85. The van der Waals surface area contributed by atoms with Crippen molar-refractivity contribution in [3.8, 4) is 17.2 Å². The van der Waals surface area contributed by atoms with E-state index in [2.05, 4.69) is 20.5 Å². The van der Waals surface area contributed by atoms with Crippen LogP contribution in [0, 0.1) is 0 Å². The molecule has 28 heavy (non-hydrogen) atoms. The molecule has 9 nitrogen and oxygen atoms in total. The molecule has 9 heteroatoms. The number of carbonyl (C=O) groups is 1. The average Bonchev–Trinajstić information content (AvgIpc) is 3.35. The molecule has 0 spiro atoms. The molecule has 0 saturated heterocycles. The van der Waals surface area contributed by atoms with E-state index < -0.39 is 0 Å². The smallest absolute Gasteiger partial charge is 0.268 e. The van der Waals surface area contributed by atoms with Gasteiger partial charge in [-0.2, -0.15) is 0 Å². The minimum Gasteiger partial charge on any atom is -0.496 e. The quantitative estimate of drug-likeness (QED) is 0.531. The Labute approximate surface area is 160 Å². The molecule has 0 radical (unpaired) electrons. The fourth-order valence-corrected chi connectivity index (χ4v) is 3.13. The van der Waals surface area contributed by atoms with Crippen LogP contribution in [-0.4, -0.2) is 46.8 Å². The van der Waals surface area contributed by atoms with Gasteiger partial charge in [-0.15, -0.1) is 10.2 Å². The Morgan fingerprint density at radius 1 is 1.11 bits per heavy atom. The van der Waals surface area contributed by atoms with Crippen LogP contribution in [0.4, 0.5) is 0 Å². The molecule has 1 aromatic carbocycles. The zero-order valence-corrected chi connectivity index (χ0v) is 15.6. The number of fused-ring (bicyclic) bond motifs is 2. The standard InChI is InChI=1S/C19H19N5O4/c1-26-13-9-14(27-2)18(28-3)17-11(13)8-12(21-17)19(25)20-10-16-23-22-15-6-4-5-7-24(15)16/h4-9,21H,10H2,1-3H3,(H,20,25). The van der Waals surface area contributed by atoms with Crippen molar-refractivity contribution in [2.75, 3.05) is 21.3 Å². The van der Waals surface area contributed by atoms with Gasteiger partial charge in [-0.1, -0.05) is 6.07 Å². The van der Waals surface area contributed by atoms with E-state index in [1.54, 1.807) is 33.5 Å². The van der Waals surface area contributed by atoms with Crippen molar-refractivity contribution in [2.24, 2.45) is 0 Å². The van der Waals surface area contributed by atoms with Gasteiger partial charge in [-0.05, 0) is 18.2 Å². The normalized spacial score (nSPS) is 11.0. The number of H-pyrrole nitrogens is 1. The Bertz CT molecular complexity index is 1160. The number of carbonyl (C=O) groups excluding carboxylic acids is 1. The van der Waals surface area contributed by atoms with Gasteiger partial charge >= 0.3 is 0 Å². The first kappa shape index (κ1) is 17.7. The average molecular weight is 381 g/mol. The molecule has 0 aliphatic heterocycles. The summed E-state index contributed by atoms with van der Waals surface area (Å²) >= 11 is 0. The molecule has 0 aliphatic rings. The number of pyridine rings is 1. The van der Waals surface area contributed by atoms with Crippen LogP contribution in [0.25, 0.3) is 16.6 Å². The SMILES string of the molecule is COc1cc(OC)c2cc(C(=O)NCc3nnc4ccccn34)[nH]c2c1OC. The number of ether oxygens (including phenoxy) is 3. The van der Waals surface area contributed by atoms with E-state index in [0.29, 0.717) is 34.3 Å². The lowest BCUT2D eigenvalue weighted by molar-refractivity contribution is 0.0945. The van der Waals surface area contributed by atoms with Gasteiger partial charge in [0.05, 0.1) is 33.4 Å². The van der Waals surface area contributed by atoms with Crippen molar-refractivity contribution in [3.63, 3.8) is 0 Å². The number of rotatable bonds is 6. The number of hydrogen-bond acceptors (Lipinski definition) is 6. The summed E-state index contributed by atoms with van der Waals surface area (Å²) in [7, 11) is 4.65. The van der Waals surface area contributed by atoms with Crippen molar-refractivity contribution < 1.29 is 19.0 Å². The molecule has 3 aromatic heterocycles.